The maximum atomic E-state index is 12.4. The van der Waals surface area contributed by atoms with Crippen molar-refractivity contribution in [1.29, 1.82) is 0 Å². The molecule has 0 aliphatic rings. The van der Waals surface area contributed by atoms with Gasteiger partial charge in [0.25, 0.3) is 5.91 Å². The molecule has 3 rings (SSSR count). The van der Waals surface area contributed by atoms with E-state index >= 15 is 0 Å². The molecule has 0 atom stereocenters. The number of rotatable bonds is 7. The Balaban J connectivity index is 1.87. The molecular formula is C21H24N2O3S. The number of nitrogens with zero attached hydrogens (tertiary/aromatic N) is 2. The Bertz CT molecular complexity index is 990. The van der Waals surface area contributed by atoms with E-state index in [4.69, 9.17) is 9.47 Å². The van der Waals surface area contributed by atoms with Gasteiger partial charge in [0.15, 0.2) is 4.80 Å². The number of carbonyl (C=O) groups is 1. The molecule has 0 saturated heterocycles. The molecule has 1 heterocycles. The van der Waals surface area contributed by atoms with Crippen LogP contribution in [0.5, 0.6) is 11.5 Å². The van der Waals surface area contributed by atoms with E-state index in [1.807, 2.05) is 42.5 Å². The van der Waals surface area contributed by atoms with E-state index in [2.05, 4.69) is 23.4 Å². The first-order chi connectivity index (χ1) is 13.1. The molecule has 0 aliphatic carbocycles. The number of aromatic nitrogens is 1. The number of hydrogen-bond acceptors (Lipinski definition) is 4. The van der Waals surface area contributed by atoms with Gasteiger partial charge in [0.1, 0.15) is 17.0 Å². The summed E-state index contributed by atoms with van der Waals surface area (Å²) >= 11 is 1.53. The molecule has 0 aliphatic heterocycles. The first-order valence-electron chi connectivity index (χ1n) is 9.06. The number of para-hydroxylation sites is 1. The second-order valence-electron chi connectivity index (χ2n) is 6.22. The molecule has 5 nitrogen and oxygen atoms in total. The number of benzene rings is 2. The highest BCUT2D eigenvalue weighted by Crippen LogP contribution is 2.30. The summed E-state index contributed by atoms with van der Waals surface area (Å²) in [7, 11) is 1.67. The van der Waals surface area contributed by atoms with E-state index in [0.29, 0.717) is 11.4 Å². The van der Waals surface area contributed by atoms with E-state index in [9.17, 15) is 4.79 Å². The topological polar surface area (TPSA) is 52.8 Å². The van der Waals surface area contributed by atoms with Gasteiger partial charge in [-0.3, -0.25) is 4.79 Å². The number of carbonyl (C=O) groups excluding carboxylic acids is 1. The number of ether oxygens (including phenoxy) is 2. The lowest BCUT2D eigenvalue weighted by atomic mass is 10.2. The van der Waals surface area contributed by atoms with Crippen molar-refractivity contribution >= 4 is 27.5 Å². The Morgan fingerprint density at radius 2 is 1.96 bits per heavy atom. The summed E-state index contributed by atoms with van der Waals surface area (Å²) in [5.41, 5.74) is 2.17. The lowest BCUT2D eigenvalue weighted by Crippen LogP contribution is -2.17. The average Bonchev–Trinajstić information content (AvgIpc) is 3.02. The maximum absolute atomic E-state index is 12.4. The number of methoxy groups -OCH3 is 1. The summed E-state index contributed by atoms with van der Waals surface area (Å²) in [5, 5.41) is 0. The first-order valence-corrected chi connectivity index (χ1v) is 9.88. The van der Waals surface area contributed by atoms with Crippen LogP contribution in [0.1, 0.15) is 25.3 Å². The van der Waals surface area contributed by atoms with Crippen LogP contribution < -0.4 is 14.3 Å². The number of amides is 1. The van der Waals surface area contributed by atoms with E-state index in [1.54, 1.807) is 7.11 Å². The van der Waals surface area contributed by atoms with Crippen LogP contribution in [-0.4, -0.2) is 24.2 Å². The Morgan fingerprint density at radius 1 is 1.19 bits per heavy atom. The van der Waals surface area contributed by atoms with Crippen molar-refractivity contribution < 1.29 is 14.3 Å². The summed E-state index contributed by atoms with van der Waals surface area (Å²) in [6, 6.07) is 13.5. The largest absolute Gasteiger partial charge is 0.495 e. The van der Waals surface area contributed by atoms with Gasteiger partial charge in [0, 0.05) is 6.54 Å². The summed E-state index contributed by atoms with van der Waals surface area (Å²) < 4.78 is 14.3. The zero-order chi connectivity index (χ0) is 19.2. The molecule has 27 heavy (non-hydrogen) atoms. The molecular weight excluding hydrogens is 360 g/mol. The Labute approximate surface area is 162 Å². The van der Waals surface area contributed by atoms with Crippen molar-refractivity contribution in [3.8, 4) is 11.5 Å². The predicted octanol–water partition coefficient (Wildman–Crippen LogP) is 4.33. The second-order valence-corrected chi connectivity index (χ2v) is 7.19. The third-order valence-electron chi connectivity index (χ3n) is 4.20. The van der Waals surface area contributed by atoms with Gasteiger partial charge in [-0.25, -0.2) is 0 Å². The highest BCUT2D eigenvalue weighted by atomic mass is 32.1. The van der Waals surface area contributed by atoms with E-state index in [1.165, 1.54) is 11.3 Å². The first kappa shape index (κ1) is 19.2. The molecule has 0 spiro atoms. The molecule has 1 amide bonds. The fourth-order valence-corrected chi connectivity index (χ4v) is 4.05. The van der Waals surface area contributed by atoms with Crippen LogP contribution in [0.2, 0.25) is 0 Å². The molecule has 3 aromatic rings. The van der Waals surface area contributed by atoms with Crippen molar-refractivity contribution in [2.75, 3.05) is 13.7 Å². The van der Waals surface area contributed by atoms with E-state index in [0.717, 1.165) is 40.2 Å². The predicted molar refractivity (Wildman–Crippen MR) is 109 cm³/mol. The van der Waals surface area contributed by atoms with Gasteiger partial charge in [-0.1, -0.05) is 42.5 Å². The van der Waals surface area contributed by atoms with E-state index < -0.39 is 0 Å². The van der Waals surface area contributed by atoms with Crippen molar-refractivity contribution in [2.24, 2.45) is 4.99 Å². The Morgan fingerprint density at radius 3 is 2.67 bits per heavy atom. The van der Waals surface area contributed by atoms with Gasteiger partial charge in [-0.05, 0) is 37.1 Å². The van der Waals surface area contributed by atoms with Gasteiger partial charge >= 0.3 is 0 Å². The minimum atomic E-state index is -0.182. The molecule has 142 valence electrons. The summed E-state index contributed by atoms with van der Waals surface area (Å²) in [4.78, 5) is 17.5. The van der Waals surface area contributed by atoms with Crippen LogP contribution in [-0.2, 0) is 11.3 Å². The van der Waals surface area contributed by atoms with Gasteiger partial charge in [-0.15, -0.1) is 0 Å². The standard InChI is InChI=1S/C21H24N2O3S/c1-4-13-23-19-17(25-3)11-10-15(2)20(19)27-21(23)22-18(24)12-14-26-16-8-6-5-7-9-16/h5-11H,4,12-14H2,1-3H3. The average molecular weight is 385 g/mol. The van der Waals surface area contributed by atoms with Crippen LogP contribution in [0.3, 0.4) is 0 Å². The molecule has 0 bridgehead atoms. The number of aryl methyl sites for hydroxylation is 2. The molecule has 0 radical (unpaired) electrons. The lowest BCUT2D eigenvalue weighted by Gasteiger charge is -2.08. The highest BCUT2D eigenvalue weighted by molar-refractivity contribution is 7.16. The summed E-state index contributed by atoms with van der Waals surface area (Å²) in [5.74, 6) is 1.38. The Hall–Kier alpha value is -2.60. The van der Waals surface area contributed by atoms with Gasteiger partial charge in [0.05, 0.1) is 24.8 Å². The van der Waals surface area contributed by atoms with Gasteiger partial charge in [0.2, 0.25) is 0 Å². The number of fused-ring (bicyclic) bond motifs is 1. The molecule has 6 heteroatoms. The minimum Gasteiger partial charge on any atom is -0.495 e. The normalized spacial score (nSPS) is 11.7. The Kier molecular flexibility index (Phi) is 6.29. The van der Waals surface area contributed by atoms with Crippen LogP contribution in [0.25, 0.3) is 10.2 Å². The van der Waals surface area contributed by atoms with Crippen LogP contribution >= 0.6 is 11.3 Å². The van der Waals surface area contributed by atoms with Crippen molar-refractivity contribution in [2.45, 2.75) is 33.2 Å². The SMILES string of the molecule is CCCn1c(=NC(=O)CCOc2ccccc2)sc2c(C)ccc(OC)c21. The molecule has 0 fully saturated rings. The quantitative estimate of drug-likeness (QED) is 0.609. The van der Waals surface area contributed by atoms with E-state index in [-0.39, 0.29) is 12.3 Å². The van der Waals surface area contributed by atoms with Crippen molar-refractivity contribution in [3.05, 3.63) is 52.8 Å². The fourth-order valence-electron chi connectivity index (χ4n) is 2.89. The third-order valence-corrected chi connectivity index (χ3v) is 5.41. The maximum Gasteiger partial charge on any atom is 0.251 e. The van der Waals surface area contributed by atoms with Crippen LogP contribution in [0.15, 0.2) is 47.5 Å². The third kappa shape index (κ3) is 4.39. The zero-order valence-corrected chi connectivity index (χ0v) is 16.7. The molecule has 0 N–H and O–H groups in total. The minimum absolute atomic E-state index is 0.182. The van der Waals surface area contributed by atoms with Gasteiger partial charge < -0.3 is 14.0 Å². The van der Waals surface area contributed by atoms with Gasteiger partial charge in [-0.2, -0.15) is 4.99 Å². The molecule has 0 saturated carbocycles. The van der Waals surface area contributed by atoms with Crippen molar-refractivity contribution in [1.82, 2.24) is 4.57 Å². The summed E-state index contributed by atoms with van der Waals surface area (Å²) in [6.45, 7) is 5.27. The van der Waals surface area contributed by atoms with Crippen LogP contribution in [0, 0.1) is 6.92 Å². The number of hydrogen-bond donors (Lipinski definition) is 0. The second kappa shape index (κ2) is 8.86. The zero-order valence-electron chi connectivity index (χ0n) is 15.9. The van der Waals surface area contributed by atoms with Crippen molar-refractivity contribution in [3.63, 3.8) is 0 Å². The molecule has 0 unspecified atom stereocenters. The fraction of sp³-hybridized carbons (Fsp3) is 0.333. The highest BCUT2D eigenvalue weighted by Gasteiger charge is 2.14. The number of thiazole rings is 1. The molecule has 1 aromatic heterocycles. The molecule has 2 aromatic carbocycles. The van der Waals surface area contributed by atoms with Crippen LogP contribution in [0.4, 0.5) is 0 Å². The summed E-state index contributed by atoms with van der Waals surface area (Å²) in [6.07, 6.45) is 1.19. The monoisotopic (exact) mass is 384 g/mol. The lowest BCUT2D eigenvalue weighted by molar-refractivity contribution is -0.118. The smallest absolute Gasteiger partial charge is 0.251 e.